The van der Waals surface area contributed by atoms with Gasteiger partial charge in [0, 0.05) is 4.47 Å². The number of furan rings is 1. The van der Waals surface area contributed by atoms with Gasteiger partial charge >= 0.3 is 6.36 Å². The molecule has 0 radical (unpaired) electrons. The molecule has 2 rings (SSSR count). The molecule has 0 unspecified atom stereocenters. The summed E-state index contributed by atoms with van der Waals surface area (Å²) in [6.45, 7) is 0. The SMILES string of the molecule is Fc1ccc(Br)c(-c2ccco2)c1OC(F)(F)F. The molecule has 0 aliphatic rings. The summed E-state index contributed by atoms with van der Waals surface area (Å²) in [7, 11) is 0. The summed E-state index contributed by atoms with van der Waals surface area (Å²) in [6, 6.07) is 5.03. The van der Waals surface area contributed by atoms with Crippen LogP contribution in [-0.2, 0) is 0 Å². The van der Waals surface area contributed by atoms with Crippen molar-refractivity contribution in [3.8, 4) is 17.1 Å². The van der Waals surface area contributed by atoms with E-state index >= 15 is 0 Å². The first-order chi connectivity index (χ1) is 8.38. The highest BCUT2D eigenvalue weighted by Crippen LogP contribution is 2.41. The van der Waals surface area contributed by atoms with Crippen molar-refractivity contribution in [3.63, 3.8) is 0 Å². The van der Waals surface area contributed by atoms with E-state index in [4.69, 9.17) is 4.42 Å². The molecule has 1 aromatic carbocycles. The summed E-state index contributed by atoms with van der Waals surface area (Å²) in [4.78, 5) is 0. The first-order valence-electron chi connectivity index (χ1n) is 4.66. The van der Waals surface area contributed by atoms with Crippen LogP contribution in [0.15, 0.2) is 39.4 Å². The lowest BCUT2D eigenvalue weighted by Crippen LogP contribution is -2.18. The maximum atomic E-state index is 13.5. The zero-order valence-corrected chi connectivity index (χ0v) is 10.2. The van der Waals surface area contributed by atoms with Crippen molar-refractivity contribution in [2.45, 2.75) is 6.36 Å². The largest absolute Gasteiger partial charge is 0.573 e. The summed E-state index contributed by atoms with van der Waals surface area (Å²) >= 11 is 3.04. The average Bonchev–Trinajstić information content (AvgIpc) is 2.75. The lowest BCUT2D eigenvalue weighted by Gasteiger charge is -2.14. The quantitative estimate of drug-likeness (QED) is 0.744. The molecule has 96 valence electrons. The Morgan fingerprint density at radius 3 is 2.44 bits per heavy atom. The van der Waals surface area contributed by atoms with Crippen LogP contribution in [0.25, 0.3) is 11.3 Å². The van der Waals surface area contributed by atoms with Crippen LogP contribution in [0.2, 0.25) is 0 Å². The summed E-state index contributed by atoms with van der Waals surface area (Å²) < 4.78 is 59.1. The van der Waals surface area contributed by atoms with Gasteiger partial charge in [0.25, 0.3) is 0 Å². The smallest absolute Gasteiger partial charge is 0.464 e. The molecule has 0 aliphatic carbocycles. The molecule has 0 amide bonds. The fourth-order valence-corrected chi connectivity index (χ4v) is 1.91. The van der Waals surface area contributed by atoms with Crippen molar-refractivity contribution in [3.05, 3.63) is 40.8 Å². The van der Waals surface area contributed by atoms with Crippen LogP contribution in [0.1, 0.15) is 0 Å². The van der Waals surface area contributed by atoms with E-state index in [1.165, 1.54) is 24.5 Å². The molecule has 7 heteroatoms. The van der Waals surface area contributed by atoms with E-state index in [0.717, 1.165) is 6.07 Å². The van der Waals surface area contributed by atoms with Gasteiger partial charge in [-0.05, 0) is 40.2 Å². The van der Waals surface area contributed by atoms with E-state index in [1.54, 1.807) is 0 Å². The molecular weight excluding hydrogens is 320 g/mol. The fourth-order valence-electron chi connectivity index (χ4n) is 1.40. The third-order valence-electron chi connectivity index (χ3n) is 2.04. The van der Waals surface area contributed by atoms with Gasteiger partial charge in [-0.25, -0.2) is 4.39 Å². The van der Waals surface area contributed by atoms with Crippen molar-refractivity contribution >= 4 is 15.9 Å². The minimum absolute atomic E-state index is 0.0700. The van der Waals surface area contributed by atoms with Gasteiger partial charge in [-0.15, -0.1) is 13.2 Å². The summed E-state index contributed by atoms with van der Waals surface area (Å²) in [5.41, 5.74) is -0.127. The van der Waals surface area contributed by atoms with Crippen molar-refractivity contribution < 1.29 is 26.7 Å². The van der Waals surface area contributed by atoms with E-state index in [0.29, 0.717) is 0 Å². The molecular formula is C11H5BrF4O2. The summed E-state index contributed by atoms with van der Waals surface area (Å²) in [6.07, 6.45) is -3.72. The highest BCUT2D eigenvalue weighted by molar-refractivity contribution is 9.10. The first kappa shape index (κ1) is 12.9. The molecule has 0 aliphatic heterocycles. The summed E-state index contributed by atoms with van der Waals surface area (Å²) in [5, 5.41) is 0. The third kappa shape index (κ3) is 2.66. The van der Waals surface area contributed by atoms with Gasteiger partial charge in [-0.2, -0.15) is 0 Å². The minimum Gasteiger partial charge on any atom is -0.464 e. The molecule has 2 nitrogen and oxygen atoms in total. The molecule has 18 heavy (non-hydrogen) atoms. The monoisotopic (exact) mass is 324 g/mol. The van der Waals surface area contributed by atoms with Crippen LogP contribution in [0.3, 0.4) is 0 Å². The number of hydrogen-bond acceptors (Lipinski definition) is 2. The molecule has 0 saturated heterocycles. The molecule has 0 spiro atoms. The normalized spacial score (nSPS) is 11.6. The minimum atomic E-state index is -4.98. The zero-order chi connectivity index (χ0) is 13.3. The Morgan fingerprint density at radius 1 is 1.17 bits per heavy atom. The lowest BCUT2D eigenvalue weighted by atomic mass is 10.1. The predicted octanol–water partition coefficient (Wildman–Crippen LogP) is 4.75. The second-order valence-electron chi connectivity index (χ2n) is 3.26. The predicted molar refractivity (Wildman–Crippen MR) is 58.5 cm³/mol. The Labute approximate surface area is 107 Å². The lowest BCUT2D eigenvalue weighted by molar-refractivity contribution is -0.275. The van der Waals surface area contributed by atoms with Crippen LogP contribution in [0.5, 0.6) is 5.75 Å². The number of rotatable bonds is 2. The number of alkyl halides is 3. The van der Waals surface area contributed by atoms with Crippen LogP contribution < -0.4 is 4.74 Å². The molecule has 0 fully saturated rings. The van der Waals surface area contributed by atoms with E-state index in [9.17, 15) is 17.6 Å². The number of ether oxygens (including phenoxy) is 1. The fraction of sp³-hybridized carbons (Fsp3) is 0.0909. The van der Waals surface area contributed by atoms with Crippen molar-refractivity contribution in [1.29, 1.82) is 0 Å². The van der Waals surface area contributed by atoms with Crippen molar-refractivity contribution in [2.75, 3.05) is 0 Å². The van der Waals surface area contributed by atoms with Gasteiger partial charge in [0.05, 0.1) is 11.8 Å². The van der Waals surface area contributed by atoms with Gasteiger partial charge in [0.1, 0.15) is 5.76 Å². The van der Waals surface area contributed by atoms with Gasteiger partial charge in [-0.3, -0.25) is 0 Å². The van der Waals surface area contributed by atoms with Crippen molar-refractivity contribution in [1.82, 2.24) is 0 Å². The Hall–Kier alpha value is -1.50. The number of halogens is 5. The Balaban J connectivity index is 2.60. The summed E-state index contributed by atoms with van der Waals surface area (Å²) in [5.74, 6) is -1.98. The van der Waals surface area contributed by atoms with Gasteiger partial charge in [0.2, 0.25) is 0 Å². The highest BCUT2D eigenvalue weighted by Gasteiger charge is 2.34. The molecule has 1 heterocycles. The van der Waals surface area contributed by atoms with E-state index in [2.05, 4.69) is 20.7 Å². The maximum Gasteiger partial charge on any atom is 0.573 e. The molecule has 0 N–H and O–H groups in total. The highest BCUT2D eigenvalue weighted by atomic mass is 79.9. The molecule has 0 atom stereocenters. The van der Waals surface area contributed by atoms with Crippen LogP contribution in [-0.4, -0.2) is 6.36 Å². The standard InChI is InChI=1S/C11H5BrF4O2/c12-6-3-4-7(13)10(18-11(14,15)16)9(6)8-2-1-5-17-8/h1-5H. The second-order valence-corrected chi connectivity index (χ2v) is 4.11. The van der Waals surface area contributed by atoms with E-state index in [1.807, 2.05) is 0 Å². The van der Waals surface area contributed by atoms with Gasteiger partial charge < -0.3 is 9.15 Å². The van der Waals surface area contributed by atoms with Gasteiger partial charge in [-0.1, -0.05) is 0 Å². The van der Waals surface area contributed by atoms with Crippen LogP contribution in [0, 0.1) is 5.82 Å². The average molecular weight is 325 g/mol. The second kappa shape index (κ2) is 4.64. The van der Waals surface area contributed by atoms with Crippen molar-refractivity contribution in [2.24, 2.45) is 0 Å². The number of benzene rings is 1. The van der Waals surface area contributed by atoms with E-state index in [-0.39, 0.29) is 15.8 Å². The Morgan fingerprint density at radius 2 is 1.89 bits per heavy atom. The Bertz CT molecular complexity index is 549. The Kier molecular flexibility index (Phi) is 3.34. The van der Waals surface area contributed by atoms with Crippen LogP contribution >= 0.6 is 15.9 Å². The molecule has 2 aromatic rings. The maximum absolute atomic E-state index is 13.5. The first-order valence-corrected chi connectivity index (χ1v) is 5.45. The molecule has 1 aromatic heterocycles. The van der Waals surface area contributed by atoms with Gasteiger partial charge in [0.15, 0.2) is 11.6 Å². The number of hydrogen-bond donors (Lipinski definition) is 0. The van der Waals surface area contributed by atoms with E-state index < -0.39 is 17.9 Å². The topological polar surface area (TPSA) is 22.4 Å². The third-order valence-corrected chi connectivity index (χ3v) is 2.70. The molecule has 0 saturated carbocycles. The zero-order valence-electron chi connectivity index (χ0n) is 8.59. The molecule has 0 bridgehead atoms. The van der Waals surface area contributed by atoms with Crippen LogP contribution in [0.4, 0.5) is 17.6 Å².